The maximum atomic E-state index is 13.1. The van der Waals surface area contributed by atoms with Crippen LogP contribution in [0.2, 0.25) is 0 Å². The zero-order valence-corrected chi connectivity index (χ0v) is 20.0. The van der Waals surface area contributed by atoms with Crippen molar-refractivity contribution in [3.05, 3.63) is 114 Å². The molecule has 1 N–H and O–H groups in total. The first-order valence-electron chi connectivity index (χ1n) is 11.6. The first-order chi connectivity index (χ1) is 17.0. The highest BCUT2D eigenvalue weighted by molar-refractivity contribution is 5.94. The third-order valence-corrected chi connectivity index (χ3v) is 6.21. The number of nitrogens with zero attached hydrogens (tertiary/aromatic N) is 4. The molecule has 35 heavy (non-hydrogen) atoms. The molecule has 1 atom stereocenters. The number of carbonyl (C=O) groups excluding carboxylic acids is 1. The molecular weight excluding hydrogens is 434 g/mol. The summed E-state index contributed by atoms with van der Waals surface area (Å²) in [7, 11) is 1.84. The predicted molar refractivity (Wildman–Crippen MR) is 140 cm³/mol. The maximum absolute atomic E-state index is 13.1. The van der Waals surface area contributed by atoms with Crippen molar-refractivity contribution < 1.29 is 4.79 Å². The number of rotatable bonds is 6. The van der Waals surface area contributed by atoms with Crippen molar-refractivity contribution in [1.82, 2.24) is 19.5 Å². The minimum atomic E-state index is -0.0222. The lowest BCUT2D eigenvalue weighted by Crippen LogP contribution is -2.29. The van der Waals surface area contributed by atoms with Gasteiger partial charge in [0.25, 0.3) is 5.91 Å². The van der Waals surface area contributed by atoms with Crippen LogP contribution in [-0.2, 0) is 0 Å². The number of hydrogen-bond donors (Lipinski definition) is 1. The van der Waals surface area contributed by atoms with Crippen LogP contribution in [0.5, 0.6) is 0 Å². The molecule has 0 radical (unpaired) electrons. The number of carbonyl (C=O) groups is 1. The molecule has 2 aromatic heterocycles. The lowest BCUT2D eigenvalue weighted by Gasteiger charge is -2.25. The molecule has 2 heterocycles. The van der Waals surface area contributed by atoms with E-state index in [-0.39, 0.29) is 11.9 Å². The number of aromatic nitrogens is 3. The van der Waals surface area contributed by atoms with Crippen LogP contribution in [0.25, 0.3) is 16.9 Å². The fourth-order valence-corrected chi connectivity index (χ4v) is 4.11. The fraction of sp³-hybridized carbons (Fsp3) is 0.138. The van der Waals surface area contributed by atoms with Gasteiger partial charge in [-0.15, -0.1) is 0 Å². The van der Waals surface area contributed by atoms with Gasteiger partial charge in [0.1, 0.15) is 5.82 Å². The topological polar surface area (TPSA) is 62.5 Å². The van der Waals surface area contributed by atoms with Crippen molar-refractivity contribution in [2.45, 2.75) is 19.9 Å². The number of amides is 1. The summed E-state index contributed by atoms with van der Waals surface area (Å²) < 4.78 is 1.80. The first-order valence-corrected chi connectivity index (χ1v) is 11.6. The van der Waals surface area contributed by atoms with Crippen LogP contribution in [0.15, 0.2) is 97.1 Å². The minimum Gasteiger partial charge on any atom is -0.340 e. The lowest BCUT2D eigenvalue weighted by molar-refractivity contribution is 0.0742. The third kappa shape index (κ3) is 4.64. The molecule has 5 aromatic rings. The Balaban J connectivity index is 1.39. The molecule has 0 unspecified atom stereocenters. The Bertz CT molecular complexity index is 1460. The summed E-state index contributed by atoms with van der Waals surface area (Å²) in [5.41, 5.74) is 6.17. The molecule has 0 fully saturated rings. The molecule has 0 bridgehead atoms. The van der Waals surface area contributed by atoms with Gasteiger partial charge in [0, 0.05) is 36.0 Å². The minimum absolute atomic E-state index is 0.0201. The monoisotopic (exact) mass is 461 g/mol. The van der Waals surface area contributed by atoms with Gasteiger partial charge in [-0.25, -0.2) is 4.98 Å². The lowest BCUT2D eigenvalue weighted by atomic mass is 10.1. The van der Waals surface area contributed by atoms with Gasteiger partial charge >= 0.3 is 0 Å². The third-order valence-electron chi connectivity index (χ3n) is 6.21. The zero-order chi connectivity index (χ0) is 24.4. The highest BCUT2D eigenvalue weighted by Gasteiger charge is 2.19. The van der Waals surface area contributed by atoms with Crippen molar-refractivity contribution in [3.63, 3.8) is 0 Å². The van der Waals surface area contributed by atoms with E-state index in [0.29, 0.717) is 5.56 Å². The number of nitrogens with one attached hydrogen (secondary N) is 1. The van der Waals surface area contributed by atoms with E-state index in [4.69, 9.17) is 4.98 Å². The standard InChI is InChI=1S/C29H27N5O/c1-20-18-27-31-26(23-12-8-5-9-13-23)19-28(34(27)32-20)30-25-16-14-24(15-17-25)29(35)33(3)21(2)22-10-6-4-7-11-22/h4-19,21,30H,1-3H3/t21-/m0/s1. The first kappa shape index (κ1) is 22.3. The van der Waals surface area contributed by atoms with Crippen LogP contribution in [0.4, 0.5) is 11.5 Å². The van der Waals surface area contributed by atoms with Crippen molar-refractivity contribution in [3.8, 4) is 11.3 Å². The second-order valence-corrected chi connectivity index (χ2v) is 8.65. The number of fused-ring (bicyclic) bond motifs is 1. The molecule has 174 valence electrons. The van der Waals surface area contributed by atoms with Gasteiger partial charge in [0.2, 0.25) is 0 Å². The SMILES string of the molecule is Cc1cc2nc(-c3ccccc3)cc(Nc3ccc(C(=O)N(C)[C@@H](C)c4ccccc4)cc3)n2n1. The average molecular weight is 462 g/mol. The van der Waals surface area contributed by atoms with E-state index in [9.17, 15) is 4.79 Å². The van der Waals surface area contributed by atoms with Crippen LogP contribution in [0.1, 0.15) is 34.6 Å². The van der Waals surface area contributed by atoms with Crippen molar-refractivity contribution in [1.29, 1.82) is 0 Å². The molecule has 0 spiro atoms. The quantitative estimate of drug-likeness (QED) is 0.323. The van der Waals surface area contributed by atoms with E-state index in [1.54, 1.807) is 9.42 Å². The number of benzene rings is 3. The molecule has 0 aliphatic rings. The summed E-state index contributed by atoms with van der Waals surface area (Å²) in [5, 5.41) is 8.04. The van der Waals surface area contributed by atoms with Gasteiger partial charge in [-0.1, -0.05) is 60.7 Å². The number of hydrogen-bond acceptors (Lipinski definition) is 4. The van der Waals surface area contributed by atoms with Crippen molar-refractivity contribution in [2.75, 3.05) is 12.4 Å². The molecule has 0 aliphatic heterocycles. The van der Waals surface area contributed by atoms with E-state index >= 15 is 0 Å². The van der Waals surface area contributed by atoms with E-state index < -0.39 is 0 Å². The van der Waals surface area contributed by atoms with Gasteiger partial charge in [-0.3, -0.25) is 4.79 Å². The summed E-state index contributed by atoms with van der Waals surface area (Å²) in [5.74, 6) is 0.782. The predicted octanol–water partition coefficient (Wildman–Crippen LogP) is 6.28. The summed E-state index contributed by atoms with van der Waals surface area (Å²) in [6.07, 6.45) is 0. The van der Waals surface area contributed by atoms with E-state index in [2.05, 4.69) is 10.4 Å². The fourth-order valence-electron chi connectivity index (χ4n) is 4.11. The average Bonchev–Trinajstić information content (AvgIpc) is 3.29. The summed E-state index contributed by atoms with van der Waals surface area (Å²) in [6, 6.07) is 31.6. The summed E-state index contributed by atoms with van der Waals surface area (Å²) >= 11 is 0. The molecule has 1 amide bonds. The Morgan fingerprint density at radius 1 is 0.914 bits per heavy atom. The van der Waals surface area contributed by atoms with Crippen LogP contribution < -0.4 is 5.32 Å². The Hall–Kier alpha value is -4.45. The van der Waals surface area contributed by atoms with Crippen LogP contribution in [0.3, 0.4) is 0 Å². The number of anilines is 2. The van der Waals surface area contributed by atoms with Gasteiger partial charge < -0.3 is 10.2 Å². The highest BCUT2D eigenvalue weighted by Crippen LogP contribution is 2.26. The molecule has 5 rings (SSSR count). The molecule has 0 saturated heterocycles. The summed E-state index contributed by atoms with van der Waals surface area (Å²) in [6.45, 7) is 3.99. The van der Waals surface area contributed by atoms with Gasteiger partial charge in [-0.05, 0) is 43.7 Å². The van der Waals surface area contributed by atoms with E-state index in [1.165, 1.54) is 0 Å². The zero-order valence-electron chi connectivity index (χ0n) is 20.0. The molecule has 0 aliphatic carbocycles. The smallest absolute Gasteiger partial charge is 0.254 e. The Morgan fingerprint density at radius 2 is 1.57 bits per heavy atom. The van der Waals surface area contributed by atoms with Crippen molar-refractivity contribution >= 4 is 23.1 Å². The molecular formula is C29H27N5O. The molecule has 0 saturated carbocycles. The second kappa shape index (κ2) is 9.43. The number of aryl methyl sites for hydroxylation is 1. The Kier molecular flexibility index (Phi) is 6.02. The van der Waals surface area contributed by atoms with E-state index in [0.717, 1.165) is 39.7 Å². The molecule has 6 heteroatoms. The maximum Gasteiger partial charge on any atom is 0.254 e. The summed E-state index contributed by atoms with van der Waals surface area (Å²) in [4.78, 5) is 19.6. The van der Waals surface area contributed by atoms with Crippen molar-refractivity contribution in [2.24, 2.45) is 0 Å². The van der Waals surface area contributed by atoms with Crippen LogP contribution in [-0.4, -0.2) is 32.5 Å². The molecule has 6 nitrogen and oxygen atoms in total. The van der Waals surface area contributed by atoms with Gasteiger partial charge in [0.05, 0.1) is 17.4 Å². The Labute approximate surface area is 204 Å². The van der Waals surface area contributed by atoms with Gasteiger partial charge in [-0.2, -0.15) is 9.61 Å². The molecule has 3 aromatic carbocycles. The van der Waals surface area contributed by atoms with Crippen LogP contribution in [0, 0.1) is 6.92 Å². The largest absolute Gasteiger partial charge is 0.340 e. The Morgan fingerprint density at radius 3 is 2.26 bits per heavy atom. The van der Waals surface area contributed by atoms with Crippen LogP contribution >= 0.6 is 0 Å². The van der Waals surface area contributed by atoms with E-state index in [1.807, 2.05) is 118 Å². The highest BCUT2D eigenvalue weighted by atomic mass is 16.2. The normalized spacial score (nSPS) is 11.9. The second-order valence-electron chi connectivity index (χ2n) is 8.65. The van der Waals surface area contributed by atoms with Gasteiger partial charge in [0.15, 0.2) is 5.65 Å².